The fourth-order valence-corrected chi connectivity index (χ4v) is 23.2. The average Bonchev–Trinajstić information content (AvgIpc) is 1.53. The molecule has 18 amide bonds. The molecule has 0 spiro atoms. The minimum Gasteiger partial charge on any atom is -0.447 e. The van der Waals surface area contributed by atoms with Crippen molar-refractivity contribution < 1.29 is 101 Å². The summed E-state index contributed by atoms with van der Waals surface area (Å²) < 4.78 is 16.2. The van der Waals surface area contributed by atoms with Gasteiger partial charge in [0.1, 0.15) is 56.1 Å². The lowest BCUT2D eigenvalue weighted by molar-refractivity contribution is -0.146. The Morgan fingerprint density at radius 3 is 1.06 bits per heavy atom. The number of likely N-dealkylation sites (tertiary alicyclic amines) is 3. The van der Waals surface area contributed by atoms with Crippen LogP contribution in [-0.2, 0) is 97.4 Å². The van der Waals surface area contributed by atoms with Gasteiger partial charge in [0, 0.05) is 44.8 Å². The highest BCUT2D eigenvalue weighted by atomic mass is 16.6. The van der Waals surface area contributed by atoms with Gasteiger partial charge in [0.15, 0.2) is 0 Å². The molecule has 13 rings (SSSR count). The smallest absolute Gasteiger partial charge is 0.407 e. The molecule has 8 aliphatic carbocycles. The maximum atomic E-state index is 14.8. The number of hydrogen-bond donors (Lipinski definition) is 15. The molecule has 2 aromatic rings. The highest BCUT2D eigenvalue weighted by Gasteiger charge is 2.73. The fraction of sp³-hybridized carbons (Fsp3) is 0.709. The lowest BCUT2D eigenvalue weighted by Crippen LogP contribution is -2.63. The third-order valence-corrected chi connectivity index (χ3v) is 33.2. The lowest BCUT2D eigenvalue weighted by atomic mass is 9.70. The molecule has 39 heteroatoms. The quantitative estimate of drug-likeness (QED) is 0.0169. The zero-order chi connectivity index (χ0) is 110. The number of benzene rings is 2. The number of nitrogens with zero attached hydrogens (tertiary/aromatic N) is 3. The molecular formula is C110H168N18O21. The van der Waals surface area contributed by atoms with Gasteiger partial charge in [-0.1, -0.05) is 224 Å². The number of ether oxygens (including phenoxy) is 3. The van der Waals surface area contributed by atoms with E-state index >= 15 is 0 Å². The van der Waals surface area contributed by atoms with E-state index in [1.54, 1.807) is 21.6 Å². The third kappa shape index (κ3) is 29.3. The molecular weight excluding hydrogens is 1910 g/mol. The molecule has 0 bridgehead atoms. The van der Waals surface area contributed by atoms with E-state index < -0.39 is 183 Å². The summed E-state index contributed by atoms with van der Waals surface area (Å²) in [5, 5.41) is 36.6. The summed E-state index contributed by atoms with van der Waals surface area (Å²) in [7, 11) is 0. The van der Waals surface area contributed by atoms with E-state index in [0.29, 0.717) is 71.1 Å². The Morgan fingerprint density at radius 2 is 0.752 bits per heavy atom. The van der Waals surface area contributed by atoms with E-state index in [9.17, 15) is 86.3 Å². The van der Waals surface area contributed by atoms with Gasteiger partial charge in [-0.05, 0) is 212 Å². The number of rotatable bonds is 41. The topological polar surface area (TPSA) is 553 Å². The number of nitrogens with two attached hydrogens (primary N) is 2. The Kier molecular flexibility index (Phi) is 37.9. The molecule has 3 heterocycles. The summed E-state index contributed by atoms with van der Waals surface area (Å²) in [4.78, 5) is 244. The highest BCUT2D eigenvalue weighted by Crippen LogP contribution is 2.67. The van der Waals surface area contributed by atoms with Crippen molar-refractivity contribution in [2.45, 2.75) is 346 Å². The van der Waals surface area contributed by atoms with Crippen LogP contribution in [0.2, 0.25) is 0 Å². The Morgan fingerprint density at radius 1 is 0.423 bits per heavy atom. The minimum absolute atomic E-state index is 0.0538. The van der Waals surface area contributed by atoms with Crippen LogP contribution < -0.4 is 80.6 Å². The predicted molar refractivity (Wildman–Crippen MR) is 557 cm³/mol. The van der Waals surface area contributed by atoms with Crippen LogP contribution in [0.5, 0.6) is 0 Å². The number of nitrogens with one attached hydrogen (secondary N) is 13. The van der Waals surface area contributed by atoms with Gasteiger partial charge in [-0.15, -0.1) is 6.58 Å². The number of amides is 18. The molecule has 18 atom stereocenters. The van der Waals surface area contributed by atoms with Crippen LogP contribution in [0.3, 0.4) is 0 Å². The van der Waals surface area contributed by atoms with Gasteiger partial charge in [0.05, 0.1) is 36.3 Å². The number of hydrogen-bond acceptors (Lipinski definition) is 21. The second-order valence-corrected chi connectivity index (χ2v) is 49.3. The summed E-state index contributed by atoms with van der Waals surface area (Å²) in [6, 6.07) is 3.56. The van der Waals surface area contributed by atoms with Crippen LogP contribution in [0.25, 0.3) is 0 Å². The Hall–Kier alpha value is -12.0. The number of carbonyl (C=O) groups is 18. The van der Waals surface area contributed by atoms with Crippen molar-refractivity contribution in [2.24, 2.45) is 109 Å². The number of carbonyl (C=O) groups excluding carboxylic acids is 18. The van der Waals surface area contributed by atoms with Crippen molar-refractivity contribution in [1.82, 2.24) is 83.8 Å². The zero-order valence-electron chi connectivity index (χ0n) is 91.5. The molecule has 9 fully saturated rings. The van der Waals surface area contributed by atoms with Gasteiger partial charge in [-0.3, -0.25) is 57.5 Å². The van der Waals surface area contributed by atoms with Gasteiger partial charge in [-0.25, -0.2) is 28.8 Å². The van der Waals surface area contributed by atoms with Gasteiger partial charge in [0.2, 0.25) is 52.8 Å². The van der Waals surface area contributed by atoms with Crippen molar-refractivity contribution in [3.8, 4) is 0 Å². The molecule has 0 radical (unpaired) electrons. The maximum absolute atomic E-state index is 14.8. The zero-order valence-corrected chi connectivity index (χ0v) is 91.5. The van der Waals surface area contributed by atoms with Crippen LogP contribution in [-0.4, -0.2) is 259 Å². The van der Waals surface area contributed by atoms with Gasteiger partial charge < -0.3 is 109 Å². The molecule has 6 saturated carbocycles. The fourth-order valence-electron chi connectivity index (χ4n) is 23.2. The molecule has 3 aliphatic heterocycles. The second kappa shape index (κ2) is 48.1. The molecule has 2 aromatic carbocycles. The molecule has 9 unspecified atom stereocenters. The first-order valence-corrected chi connectivity index (χ1v) is 53.7. The first-order chi connectivity index (χ1) is 69.7. The first-order valence-electron chi connectivity index (χ1n) is 53.7. The number of ketones is 3. The van der Waals surface area contributed by atoms with Crippen LogP contribution in [0.4, 0.5) is 28.8 Å². The lowest BCUT2D eigenvalue weighted by Gasteiger charge is -2.43. The van der Waals surface area contributed by atoms with Crippen LogP contribution in [0.15, 0.2) is 61.2 Å². The molecule has 11 aliphatic rings. The summed E-state index contributed by atoms with van der Waals surface area (Å²) in [6.07, 6.45) is 11.4. The van der Waals surface area contributed by atoms with E-state index in [1.807, 2.05) is 152 Å². The van der Waals surface area contributed by atoms with E-state index in [0.717, 1.165) is 80.0 Å². The van der Waals surface area contributed by atoms with E-state index in [-0.39, 0.29) is 138 Å². The molecule has 17 N–H and O–H groups in total. The minimum atomic E-state index is -1.10. The van der Waals surface area contributed by atoms with Crippen LogP contribution in [0, 0.1) is 97.1 Å². The maximum Gasteiger partial charge on any atom is 0.407 e. The molecule has 39 nitrogen and oxygen atoms in total. The number of urea groups is 3. The van der Waals surface area contributed by atoms with Crippen molar-refractivity contribution in [3.63, 3.8) is 0 Å². The molecule has 3 saturated heterocycles. The normalized spacial score (nSPS) is 23.9. The van der Waals surface area contributed by atoms with Crippen molar-refractivity contribution in [3.05, 3.63) is 83.4 Å². The molecule has 149 heavy (non-hydrogen) atoms. The second-order valence-electron chi connectivity index (χ2n) is 49.3. The predicted octanol–water partition coefficient (Wildman–Crippen LogP) is 8.31. The number of Topliss-reactive ketones (excluding diaryl/α,β-unsaturated/α-hetero) is 3. The summed E-state index contributed by atoms with van der Waals surface area (Å²) in [5.41, 5.74) is 12.4. The largest absolute Gasteiger partial charge is 0.447 e. The Balaban J connectivity index is 0.000000212. The van der Waals surface area contributed by atoms with Gasteiger partial charge in [-0.2, -0.15) is 0 Å². The number of fused-ring (bicyclic) bond motifs is 5. The van der Waals surface area contributed by atoms with E-state index in [1.165, 1.54) is 6.08 Å². The summed E-state index contributed by atoms with van der Waals surface area (Å²) >= 11 is 0. The van der Waals surface area contributed by atoms with Gasteiger partial charge in [0.25, 0.3) is 17.7 Å². The van der Waals surface area contributed by atoms with E-state index in [4.69, 9.17) is 25.7 Å². The average molecular weight is 2080 g/mol. The monoisotopic (exact) mass is 2080 g/mol. The standard InChI is InChI=1S/C39H58N6O7.C37H54N6O7.C34H56N6O7/c1-10-14-27(32(46)34(48)40-17-11-2)42-33(47)31-29-26(39(29,8)9)20-45(31)35(49)30(25-18-23-15-12-13-16-24(23)19-25)44-36(50)43-28(38(5,6)7)21-52-37(51)41-22(3)4;1-19(2)39-35(49)50-18-26(36(3,4)5)41-34(48)42-28(23-15-21-10-8-9-11-22(21)16-23)33(47)43-17-24-27(37(24,6)7)29(43)32(46)40-25(14-20-12-13-20)30(44)31(38)45;1-8-36-31(46)47-18-22(32(2,3)4)38-30(45)39-26(34(7)14-10-9-11-15-34)29(44)40-17-20-23(33(20,5)6)24(40)28(43)37-21(16-19-12-13-19)25(41)27(35)42/h11-13,15-16,22,25-31H,2,10,14,17-21H2,1,3-9H3,(H,40,48)(H,41,51)(H,42,47)(H2,43,44,50);8-11,19-20,23-29H,12-18H2,1-7H3,(H2,38,45)(H,39,49)(H,40,46)(H2,41,42,48);19-24,26H,8-18H2,1-7H3,(H2,35,42)(H,36,46)(H,37,43)(H2,38,39,45)/t26?,27?,28-,29?,30+,31+;24?,25?,26-,27?,28+,29+;20?,21?,22-,23?,24+,26-/m111/s1. The van der Waals surface area contributed by atoms with Crippen LogP contribution >= 0.6 is 0 Å². The number of alkyl carbamates (subject to hydrolysis) is 3. The Bertz CT molecular complexity index is 5240. The van der Waals surface area contributed by atoms with Gasteiger partial charge >= 0.3 is 36.4 Å². The van der Waals surface area contributed by atoms with Crippen LogP contribution in [0.1, 0.15) is 258 Å². The first kappa shape index (κ1) is 117. The third-order valence-electron chi connectivity index (χ3n) is 33.2. The number of piperidine rings is 3. The summed E-state index contributed by atoms with van der Waals surface area (Å²) in [5.74, 6) is -8.26. The van der Waals surface area contributed by atoms with Crippen molar-refractivity contribution in [1.29, 1.82) is 0 Å². The van der Waals surface area contributed by atoms with Crippen molar-refractivity contribution in [2.75, 3.05) is 52.5 Å². The Labute approximate surface area is 877 Å². The summed E-state index contributed by atoms with van der Waals surface area (Å²) in [6.45, 7) is 47.5. The SMILES string of the molecule is C=CCNC(=O)C(=O)C(CCC)NC(=O)[C@@H]1C2C(CN1C(=O)[C@@H](NC(=O)N[C@H](COC(=O)NC(C)C)C(C)(C)C)C1Cc3ccccc3C1)C2(C)C.CC(C)NC(=O)OC[C@@H](NC(=O)N[C@H](C(=O)N1CC2C([C@H]1C(=O)NC(CC1CC1)C(=O)C(N)=O)C2(C)C)C1Cc2ccccc2C1)C(C)(C)C.CCNC(=O)OC[C@@H](NC(=O)N[C@H](C(=O)N1CC2C([C@H]1C(=O)NC(CC1CC1)C(=O)C(N)=O)C2(C)C)C1(C)CCCCC1)C(C)(C)C. The highest BCUT2D eigenvalue weighted by molar-refractivity contribution is 6.39. The van der Waals surface area contributed by atoms with Crippen molar-refractivity contribution >= 4 is 107 Å². The molecule has 824 valence electrons. The molecule has 0 aromatic heterocycles. The number of primary amides is 2. The van der Waals surface area contributed by atoms with E-state index in [2.05, 4.69) is 117 Å².